The first kappa shape index (κ1) is 21.3. The molecule has 2 fully saturated rings. The number of halogens is 2. The fourth-order valence-corrected chi connectivity index (χ4v) is 5.55. The van der Waals surface area contributed by atoms with Crippen LogP contribution in [0.4, 0.5) is 4.39 Å². The Kier molecular flexibility index (Phi) is 6.14. The molecule has 1 heterocycles. The Morgan fingerprint density at radius 3 is 2.17 bits per heavy atom. The van der Waals surface area contributed by atoms with E-state index in [2.05, 4.69) is 5.32 Å². The minimum Gasteiger partial charge on any atom is -0.349 e. The molecule has 5 nitrogen and oxygen atoms in total. The van der Waals surface area contributed by atoms with Crippen LogP contribution in [-0.2, 0) is 14.8 Å². The van der Waals surface area contributed by atoms with E-state index in [1.807, 2.05) is 24.3 Å². The van der Waals surface area contributed by atoms with Crippen LogP contribution in [0.5, 0.6) is 0 Å². The van der Waals surface area contributed by atoms with Gasteiger partial charge < -0.3 is 5.32 Å². The standard InChI is InChI=1S/C22H24ClFN2O3S/c23-18-5-3-16(4-6-18)21(15-1-2-15)25-22(27)17-11-13-26(14-12-17)30(28,29)20-9-7-19(24)8-10-20/h3-10,15,17,21H,1-2,11-14H2,(H,25,27). The smallest absolute Gasteiger partial charge is 0.243 e. The molecule has 30 heavy (non-hydrogen) atoms. The number of hydrogen-bond donors (Lipinski definition) is 1. The lowest BCUT2D eigenvalue weighted by atomic mass is 9.95. The molecule has 2 aliphatic rings. The Bertz CT molecular complexity index is 1000. The van der Waals surface area contributed by atoms with Gasteiger partial charge in [0.2, 0.25) is 15.9 Å². The Labute approximate surface area is 181 Å². The zero-order valence-corrected chi connectivity index (χ0v) is 18.0. The van der Waals surface area contributed by atoms with Gasteiger partial charge in [0.05, 0.1) is 10.9 Å². The molecule has 1 unspecified atom stereocenters. The van der Waals surface area contributed by atoms with Crippen molar-refractivity contribution in [3.63, 3.8) is 0 Å². The predicted octanol–water partition coefficient (Wildman–Crippen LogP) is 4.15. The van der Waals surface area contributed by atoms with Crippen LogP contribution >= 0.6 is 11.6 Å². The zero-order chi connectivity index (χ0) is 21.3. The molecule has 1 saturated heterocycles. The van der Waals surface area contributed by atoms with E-state index in [1.165, 1.54) is 16.4 Å². The van der Waals surface area contributed by atoms with Crippen molar-refractivity contribution in [1.29, 1.82) is 0 Å². The highest BCUT2D eigenvalue weighted by atomic mass is 35.5. The number of rotatable bonds is 6. The summed E-state index contributed by atoms with van der Waals surface area (Å²) in [7, 11) is -3.68. The molecule has 2 aromatic rings. The fourth-order valence-electron chi connectivity index (χ4n) is 3.96. The van der Waals surface area contributed by atoms with E-state index in [-0.39, 0.29) is 35.9 Å². The van der Waals surface area contributed by atoms with E-state index >= 15 is 0 Å². The first-order valence-corrected chi connectivity index (χ1v) is 12.0. The molecule has 1 amide bonds. The first-order valence-electron chi connectivity index (χ1n) is 10.2. The van der Waals surface area contributed by atoms with Gasteiger partial charge in [-0.25, -0.2) is 12.8 Å². The summed E-state index contributed by atoms with van der Waals surface area (Å²) in [5.41, 5.74) is 1.05. The van der Waals surface area contributed by atoms with Gasteiger partial charge in [0.25, 0.3) is 0 Å². The molecule has 2 aromatic carbocycles. The molecule has 0 radical (unpaired) electrons. The number of nitrogens with one attached hydrogen (secondary N) is 1. The fraction of sp³-hybridized carbons (Fsp3) is 0.409. The maximum absolute atomic E-state index is 13.1. The van der Waals surface area contributed by atoms with Crippen molar-refractivity contribution in [2.45, 2.75) is 36.6 Å². The number of carbonyl (C=O) groups is 1. The number of sulfonamides is 1. The third kappa shape index (κ3) is 4.68. The number of benzene rings is 2. The van der Waals surface area contributed by atoms with Crippen LogP contribution in [0, 0.1) is 17.7 Å². The maximum Gasteiger partial charge on any atom is 0.243 e. The summed E-state index contributed by atoms with van der Waals surface area (Å²) in [6, 6.07) is 12.4. The third-order valence-electron chi connectivity index (χ3n) is 5.90. The van der Waals surface area contributed by atoms with Gasteiger partial charge >= 0.3 is 0 Å². The van der Waals surface area contributed by atoms with Gasteiger partial charge in [-0.1, -0.05) is 23.7 Å². The molecule has 1 atom stereocenters. The molecule has 0 spiro atoms. The SMILES string of the molecule is O=C(NC(c1ccc(Cl)cc1)C1CC1)C1CCN(S(=O)(=O)c2ccc(F)cc2)CC1. The molecular formula is C22H24ClFN2O3S. The summed E-state index contributed by atoms with van der Waals surface area (Å²) >= 11 is 5.98. The van der Waals surface area contributed by atoms with Crippen molar-refractivity contribution in [2.75, 3.05) is 13.1 Å². The van der Waals surface area contributed by atoms with E-state index in [0.29, 0.717) is 23.8 Å². The summed E-state index contributed by atoms with van der Waals surface area (Å²) in [6.45, 7) is 0.541. The van der Waals surface area contributed by atoms with Crippen LogP contribution in [0.1, 0.15) is 37.3 Å². The van der Waals surface area contributed by atoms with Crippen molar-refractivity contribution < 1.29 is 17.6 Å². The lowest BCUT2D eigenvalue weighted by Gasteiger charge is -2.31. The Morgan fingerprint density at radius 2 is 1.60 bits per heavy atom. The minimum absolute atomic E-state index is 0.0271. The highest BCUT2D eigenvalue weighted by Gasteiger charge is 2.37. The number of hydrogen-bond acceptors (Lipinski definition) is 3. The van der Waals surface area contributed by atoms with Gasteiger partial charge in [0.1, 0.15) is 5.82 Å². The number of piperidine rings is 1. The van der Waals surface area contributed by atoms with Crippen molar-refractivity contribution in [2.24, 2.45) is 11.8 Å². The lowest BCUT2D eigenvalue weighted by molar-refractivity contribution is -0.127. The van der Waals surface area contributed by atoms with Gasteiger partial charge in [0.15, 0.2) is 0 Å². The molecule has 1 N–H and O–H groups in total. The van der Waals surface area contributed by atoms with Crippen LogP contribution in [0.3, 0.4) is 0 Å². The van der Waals surface area contributed by atoms with Crippen molar-refractivity contribution in [3.05, 3.63) is 64.9 Å². The van der Waals surface area contributed by atoms with Gasteiger partial charge in [0, 0.05) is 24.0 Å². The Balaban J connectivity index is 1.38. The summed E-state index contributed by atoms with van der Waals surface area (Å²) in [5, 5.41) is 3.85. The van der Waals surface area contributed by atoms with Gasteiger partial charge in [-0.05, 0) is 73.6 Å². The summed E-state index contributed by atoms with van der Waals surface area (Å²) in [5.74, 6) is -0.289. The molecule has 0 bridgehead atoms. The zero-order valence-electron chi connectivity index (χ0n) is 16.4. The quantitative estimate of drug-likeness (QED) is 0.719. The highest BCUT2D eigenvalue weighted by Crippen LogP contribution is 2.41. The molecule has 0 aromatic heterocycles. The first-order chi connectivity index (χ1) is 14.3. The van der Waals surface area contributed by atoms with Crippen LogP contribution in [-0.4, -0.2) is 31.7 Å². The van der Waals surface area contributed by atoms with Gasteiger partial charge in [-0.3, -0.25) is 4.79 Å². The van der Waals surface area contributed by atoms with Crippen LogP contribution in [0.2, 0.25) is 5.02 Å². The number of amides is 1. The second-order valence-corrected chi connectivity index (χ2v) is 10.4. The average Bonchev–Trinajstić information content (AvgIpc) is 3.58. The van der Waals surface area contributed by atoms with E-state index < -0.39 is 15.8 Å². The second kappa shape index (κ2) is 8.65. The molecule has 4 rings (SSSR count). The van der Waals surface area contributed by atoms with Crippen LogP contribution < -0.4 is 5.32 Å². The monoisotopic (exact) mass is 450 g/mol. The summed E-state index contributed by atoms with van der Waals surface area (Å²) < 4.78 is 40.0. The summed E-state index contributed by atoms with van der Waals surface area (Å²) in [4.78, 5) is 13.0. The molecule has 1 saturated carbocycles. The predicted molar refractivity (Wildman–Crippen MR) is 113 cm³/mol. The Hall–Kier alpha value is -1.96. The second-order valence-electron chi connectivity index (χ2n) is 8.01. The molecule has 1 aliphatic carbocycles. The van der Waals surface area contributed by atoms with E-state index in [1.54, 1.807) is 0 Å². The van der Waals surface area contributed by atoms with E-state index in [4.69, 9.17) is 11.6 Å². The Morgan fingerprint density at radius 1 is 1.00 bits per heavy atom. The number of carbonyl (C=O) groups excluding carboxylic acids is 1. The van der Waals surface area contributed by atoms with E-state index in [9.17, 15) is 17.6 Å². The normalized spacial score (nSPS) is 19.4. The number of nitrogens with zero attached hydrogens (tertiary/aromatic N) is 1. The third-order valence-corrected chi connectivity index (χ3v) is 8.06. The molecule has 8 heteroatoms. The topological polar surface area (TPSA) is 66.5 Å². The van der Waals surface area contributed by atoms with Gasteiger partial charge in [-0.15, -0.1) is 0 Å². The molecule has 1 aliphatic heterocycles. The van der Waals surface area contributed by atoms with Crippen molar-refractivity contribution in [1.82, 2.24) is 9.62 Å². The molecule has 160 valence electrons. The highest BCUT2D eigenvalue weighted by molar-refractivity contribution is 7.89. The van der Waals surface area contributed by atoms with Crippen LogP contribution in [0.25, 0.3) is 0 Å². The van der Waals surface area contributed by atoms with Crippen molar-refractivity contribution in [3.8, 4) is 0 Å². The molecular weight excluding hydrogens is 427 g/mol. The minimum atomic E-state index is -3.68. The maximum atomic E-state index is 13.1. The largest absolute Gasteiger partial charge is 0.349 e. The van der Waals surface area contributed by atoms with Gasteiger partial charge in [-0.2, -0.15) is 4.31 Å². The van der Waals surface area contributed by atoms with Crippen molar-refractivity contribution >= 4 is 27.5 Å². The summed E-state index contributed by atoms with van der Waals surface area (Å²) in [6.07, 6.45) is 3.10. The van der Waals surface area contributed by atoms with Crippen LogP contribution in [0.15, 0.2) is 53.4 Å². The average molecular weight is 451 g/mol. The van der Waals surface area contributed by atoms with E-state index in [0.717, 1.165) is 30.5 Å². The lowest BCUT2D eigenvalue weighted by Crippen LogP contribution is -2.43.